The van der Waals surface area contributed by atoms with Crippen molar-refractivity contribution in [1.29, 1.82) is 0 Å². The Labute approximate surface area is 73.1 Å². The van der Waals surface area contributed by atoms with Gasteiger partial charge < -0.3 is 5.32 Å². The van der Waals surface area contributed by atoms with Gasteiger partial charge in [-0.25, -0.2) is 0 Å². The summed E-state index contributed by atoms with van der Waals surface area (Å²) in [5.41, 5.74) is 2.57. The highest BCUT2D eigenvalue weighted by atomic mass is 14.9. The molecule has 1 N–H and O–H groups in total. The molecule has 0 radical (unpaired) electrons. The van der Waals surface area contributed by atoms with Gasteiger partial charge in [-0.3, -0.25) is 0 Å². The van der Waals surface area contributed by atoms with Gasteiger partial charge in [-0.05, 0) is 18.9 Å². The van der Waals surface area contributed by atoms with Gasteiger partial charge in [0.15, 0.2) is 0 Å². The monoisotopic (exact) mass is 159 g/mol. The normalized spacial score (nSPS) is 21.8. The van der Waals surface area contributed by atoms with Crippen LogP contribution in [0.25, 0.3) is 5.70 Å². The Morgan fingerprint density at radius 1 is 1.25 bits per heavy atom. The topological polar surface area (TPSA) is 12.0 Å². The van der Waals surface area contributed by atoms with E-state index in [-0.39, 0.29) is 0 Å². The van der Waals surface area contributed by atoms with Gasteiger partial charge in [0, 0.05) is 11.7 Å². The molecule has 1 aromatic carbocycles. The van der Waals surface area contributed by atoms with Crippen LogP contribution in [0.5, 0.6) is 0 Å². The number of hydrogen-bond acceptors (Lipinski definition) is 1. The molecule has 62 valence electrons. The standard InChI is InChI=1S/C11H13N/c1-9-7-8-11(12-9)10-5-3-2-4-6-10/h2-6,8-9,12H,7H2,1H3. The van der Waals surface area contributed by atoms with Crippen LogP contribution in [-0.4, -0.2) is 6.04 Å². The maximum Gasteiger partial charge on any atom is 0.0376 e. The van der Waals surface area contributed by atoms with Crippen LogP contribution in [0.1, 0.15) is 18.9 Å². The summed E-state index contributed by atoms with van der Waals surface area (Å²) in [7, 11) is 0. The van der Waals surface area contributed by atoms with Gasteiger partial charge in [0.05, 0.1) is 0 Å². The van der Waals surface area contributed by atoms with E-state index in [4.69, 9.17) is 0 Å². The summed E-state index contributed by atoms with van der Waals surface area (Å²) in [5, 5.41) is 3.43. The van der Waals surface area contributed by atoms with Gasteiger partial charge in [0.1, 0.15) is 0 Å². The highest BCUT2D eigenvalue weighted by Gasteiger charge is 2.11. The summed E-state index contributed by atoms with van der Waals surface area (Å²) in [6.45, 7) is 2.20. The number of nitrogens with one attached hydrogen (secondary N) is 1. The first kappa shape index (κ1) is 7.41. The lowest BCUT2D eigenvalue weighted by Crippen LogP contribution is -2.17. The smallest absolute Gasteiger partial charge is 0.0376 e. The first-order valence-electron chi connectivity index (χ1n) is 4.38. The van der Waals surface area contributed by atoms with Crippen molar-refractivity contribution in [3.05, 3.63) is 42.0 Å². The fourth-order valence-electron chi connectivity index (χ4n) is 1.50. The molecule has 1 heteroatoms. The van der Waals surface area contributed by atoms with E-state index in [1.807, 2.05) is 6.07 Å². The van der Waals surface area contributed by atoms with Gasteiger partial charge in [0.2, 0.25) is 0 Å². The first-order chi connectivity index (χ1) is 5.86. The molecule has 0 bridgehead atoms. The number of hydrogen-bond donors (Lipinski definition) is 1. The van der Waals surface area contributed by atoms with Crippen molar-refractivity contribution in [2.75, 3.05) is 0 Å². The maximum absolute atomic E-state index is 3.43. The summed E-state index contributed by atoms with van der Waals surface area (Å²) in [4.78, 5) is 0. The van der Waals surface area contributed by atoms with Crippen molar-refractivity contribution in [1.82, 2.24) is 5.32 Å². The summed E-state index contributed by atoms with van der Waals surface area (Å²) in [6, 6.07) is 11.1. The summed E-state index contributed by atoms with van der Waals surface area (Å²) in [6.07, 6.45) is 3.41. The maximum atomic E-state index is 3.43. The average molecular weight is 159 g/mol. The molecule has 0 aliphatic carbocycles. The Balaban J connectivity index is 2.22. The number of rotatable bonds is 1. The fourth-order valence-corrected chi connectivity index (χ4v) is 1.50. The van der Waals surface area contributed by atoms with Crippen LogP contribution in [0.15, 0.2) is 36.4 Å². The minimum atomic E-state index is 0.597. The van der Waals surface area contributed by atoms with Crippen molar-refractivity contribution in [3.8, 4) is 0 Å². The molecule has 1 heterocycles. The van der Waals surface area contributed by atoms with Gasteiger partial charge in [-0.2, -0.15) is 0 Å². The van der Waals surface area contributed by atoms with Crippen molar-refractivity contribution >= 4 is 5.70 Å². The second kappa shape index (κ2) is 3.02. The van der Waals surface area contributed by atoms with Crippen molar-refractivity contribution in [2.45, 2.75) is 19.4 Å². The third kappa shape index (κ3) is 1.35. The summed E-state index contributed by atoms with van der Waals surface area (Å²) < 4.78 is 0. The van der Waals surface area contributed by atoms with Crippen LogP contribution < -0.4 is 5.32 Å². The second-order valence-electron chi connectivity index (χ2n) is 3.26. The van der Waals surface area contributed by atoms with Crippen molar-refractivity contribution in [3.63, 3.8) is 0 Å². The van der Waals surface area contributed by atoms with Gasteiger partial charge in [-0.15, -0.1) is 0 Å². The van der Waals surface area contributed by atoms with Gasteiger partial charge >= 0.3 is 0 Å². The SMILES string of the molecule is CC1CC=C(c2ccccc2)N1. The van der Waals surface area contributed by atoms with Crippen LogP contribution in [0, 0.1) is 0 Å². The molecule has 1 atom stereocenters. The first-order valence-corrected chi connectivity index (χ1v) is 4.38. The molecule has 1 nitrogen and oxygen atoms in total. The fraction of sp³-hybridized carbons (Fsp3) is 0.273. The minimum Gasteiger partial charge on any atom is -0.382 e. The van der Waals surface area contributed by atoms with E-state index in [2.05, 4.69) is 42.6 Å². The lowest BCUT2D eigenvalue weighted by Gasteiger charge is -2.07. The summed E-state index contributed by atoms with van der Waals surface area (Å²) >= 11 is 0. The quantitative estimate of drug-likeness (QED) is 0.663. The van der Waals surface area contributed by atoms with Crippen LogP contribution in [0.3, 0.4) is 0 Å². The number of benzene rings is 1. The van der Waals surface area contributed by atoms with Crippen molar-refractivity contribution < 1.29 is 0 Å². The van der Waals surface area contributed by atoms with E-state index in [1.165, 1.54) is 11.3 Å². The molecule has 1 aliphatic heterocycles. The molecule has 1 aliphatic rings. The Morgan fingerprint density at radius 2 is 2.00 bits per heavy atom. The van der Waals surface area contributed by atoms with E-state index >= 15 is 0 Å². The minimum absolute atomic E-state index is 0.597. The van der Waals surface area contributed by atoms with Crippen LogP contribution >= 0.6 is 0 Å². The molecule has 0 aromatic heterocycles. The van der Waals surface area contributed by atoms with Crippen LogP contribution in [0.2, 0.25) is 0 Å². The zero-order valence-electron chi connectivity index (χ0n) is 7.25. The molecule has 2 rings (SSSR count). The predicted octanol–water partition coefficient (Wildman–Crippen LogP) is 2.41. The average Bonchev–Trinajstić information content (AvgIpc) is 2.54. The highest BCUT2D eigenvalue weighted by Crippen LogP contribution is 2.18. The zero-order valence-corrected chi connectivity index (χ0v) is 7.25. The molecule has 1 aromatic rings. The Bertz CT molecular complexity index is 287. The van der Waals surface area contributed by atoms with E-state index in [1.54, 1.807) is 0 Å². The zero-order chi connectivity index (χ0) is 8.39. The van der Waals surface area contributed by atoms with Crippen LogP contribution in [-0.2, 0) is 0 Å². The summed E-state index contributed by atoms with van der Waals surface area (Å²) in [5.74, 6) is 0. The lowest BCUT2D eigenvalue weighted by molar-refractivity contribution is 0.698. The Hall–Kier alpha value is -1.24. The Kier molecular flexibility index (Phi) is 1.86. The largest absolute Gasteiger partial charge is 0.382 e. The third-order valence-electron chi connectivity index (χ3n) is 2.16. The Morgan fingerprint density at radius 3 is 2.58 bits per heavy atom. The lowest BCUT2D eigenvalue weighted by atomic mass is 10.2. The van der Waals surface area contributed by atoms with E-state index in [9.17, 15) is 0 Å². The molecule has 0 saturated heterocycles. The third-order valence-corrected chi connectivity index (χ3v) is 2.16. The molecular weight excluding hydrogens is 146 g/mol. The molecular formula is C11H13N. The van der Waals surface area contributed by atoms with Gasteiger partial charge in [-0.1, -0.05) is 36.4 Å². The van der Waals surface area contributed by atoms with Crippen LogP contribution in [0.4, 0.5) is 0 Å². The van der Waals surface area contributed by atoms with E-state index < -0.39 is 0 Å². The molecule has 0 saturated carbocycles. The van der Waals surface area contributed by atoms with Crippen molar-refractivity contribution in [2.24, 2.45) is 0 Å². The molecule has 1 unspecified atom stereocenters. The molecule has 12 heavy (non-hydrogen) atoms. The molecule has 0 spiro atoms. The molecule has 0 fully saturated rings. The molecule has 0 amide bonds. The van der Waals surface area contributed by atoms with E-state index in [0.29, 0.717) is 6.04 Å². The van der Waals surface area contributed by atoms with Gasteiger partial charge in [0.25, 0.3) is 0 Å². The highest BCUT2D eigenvalue weighted by molar-refractivity contribution is 5.65. The van der Waals surface area contributed by atoms with E-state index in [0.717, 1.165) is 6.42 Å². The predicted molar refractivity (Wildman–Crippen MR) is 51.6 cm³/mol. The second-order valence-corrected chi connectivity index (χ2v) is 3.26.